The molecular weight excluding hydrogens is 468 g/mol. The lowest BCUT2D eigenvalue weighted by atomic mass is 9.99. The number of aliphatic carboxylic acids is 1. The molecule has 3 amide bonds. The molecule has 0 bridgehead atoms. The summed E-state index contributed by atoms with van der Waals surface area (Å²) in [6, 6.07) is 5.27. The number of carbonyl (C=O) groups excluding carboxylic acids is 3. The zero-order valence-electron chi connectivity index (χ0n) is 21.2. The van der Waals surface area contributed by atoms with Crippen LogP contribution in [0.4, 0.5) is 0 Å². The number of carboxylic acid groups (broad SMARTS) is 1. The maximum absolute atomic E-state index is 13.1. The van der Waals surface area contributed by atoms with Crippen molar-refractivity contribution in [3.05, 3.63) is 35.9 Å². The van der Waals surface area contributed by atoms with Gasteiger partial charge < -0.3 is 26.8 Å². The zero-order valence-corrected chi connectivity index (χ0v) is 22.1. The quantitative estimate of drug-likeness (QED) is 0.241. The molecule has 35 heavy (non-hydrogen) atoms. The summed E-state index contributed by atoms with van der Waals surface area (Å²) in [5.74, 6) is -2.16. The van der Waals surface area contributed by atoms with E-state index in [1.807, 2.05) is 26.2 Å². The van der Waals surface area contributed by atoms with Crippen LogP contribution in [0, 0.1) is 11.8 Å². The van der Waals surface area contributed by atoms with E-state index in [-0.39, 0.29) is 18.3 Å². The highest BCUT2D eigenvalue weighted by Crippen LogP contribution is 2.10. The van der Waals surface area contributed by atoms with Crippen molar-refractivity contribution in [2.75, 3.05) is 12.0 Å². The number of carboxylic acids is 1. The second kappa shape index (κ2) is 15.4. The van der Waals surface area contributed by atoms with Gasteiger partial charge in [0.15, 0.2) is 0 Å². The fraction of sp³-hybridized carbons (Fsp3) is 0.600. The number of nitrogens with one attached hydrogen (secondary N) is 3. The van der Waals surface area contributed by atoms with Gasteiger partial charge >= 0.3 is 5.97 Å². The summed E-state index contributed by atoms with van der Waals surface area (Å²) in [6.45, 7) is 7.38. The van der Waals surface area contributed by atoms with Crippen molar-refractivity contribution in [1.29, 1.82) is 0 Å². The minimum atomic E-state index is -1.16. The fourth-order valence-corrected chi connectivity index (χ4v) is 3.95. The van der Waals surface area contributed by atoms with Crippen LogP contribution in [0.5, 0.6) is 0 Å². The van der Waals surface area contributed by atoms with E-state index in [9.17, 15) is 24.3 Å². The van der Waals surface area contributed by atoms with E-state index >= 15 is 0 Å². The molecule has 6 N–H and O–H groups in total. The van der Waals surface area contributed by atoms with E-state index in [2.05, 4.69) is 16.0 Å². The Morgan fingerprint density at radius 3 is 2.03 bits per heavy atom. The summed E-state index contributed by atoms with van der Waals surface area (Å²) in [4.78, 5) is 50.4. The van der Waals surface area contributed by atoms with E-state index in [1.54, 1.807) is 49.9 Å². The van der Waals surface area contributed by atoms with E-state index in [4.69, 9.17) is 5.73 Å². The number of benzene rings is 1. The van der Waals surface area contributed by atoms with Crippen LogP contribution in [0.25, 0.3) is 0 Å². The molecule has 0 aliphatic heterocycles. The summed E-state index contributed by atoms with van der Waals surface area (Å²) >= 11 is 1.58. The molecule has 0 aromatic heterocycles. The van der Waals surface area contributed by atoms with Crippen LogP contribution in [0.2, 0.25) is 0 Å². The molecule has 0 fully saturated rings. The highest BCUT2D eigenvalue weighted by atomic mass is 32.2. The first-order chi connectivity index (χ1) is 16.5. The lowest BCUT2D eigenvalue weighted by Crippen LogP contribution is -2.58. The molecule has 10 heteroatoms. The standard InChI is InChI=1S/C25H40N4O5S/c1-15(2)13-19(23(31)28-20(25(33)34)14-17-9-7-6-8-10-17)27-24(32)21(16(3)4)29-22(30)18(26)11-12-35-5/h6-10,15-16,18-21H,11-14,26H2,1-5H3,(H,27,32)(H,28,31)(H,29,30)(H,33,34). The van der Waals surface area contributed by atoms with Gasteiger partial charge in [-0.3, -0.25) is 14.4 Å². The molecule has 1 aromatic rings. The Labute approximate surface area is 212 Å². The van der Waals surface area contributed by atoms with Crippen LogP contribution >= 0.6 is 11.8 Å². The maximum atomic E-state index is 13.1. The predicted molar refractivity (Wildman–Crippen MR) is 139 cm³/mol. The zero-order chi connectivity index (χ0) is 26.5. The normalized spacial score (nSPS) is 14.6. The average Bonchev–Trinajstić information content (AvgIpc) is 2.79. The predicted octanol–water partition coefficient (Wildman–Crippen LogP) is 1.55. The highest BCUT2D eigenvalue weighted by molar-refractivity contribution is 7.98. The van der Waals surface area contributed by atoms with Crippen molar-refractivity contribution in [2.45, 2.75) is 71.1 Å². The number of hydrogen-bond acceptors (Lipinski definition) is 6. The van der Waals surface area contributed by atoms with Crippen molar-refractivity contribution in [2.24, 2.45) is 17.6 Å². The maximum Gasteiger partial charge on any atom is 0.326 e. The van der Waals surface area contributed by atoms with Crippen LogP contribution in [-0.4, -0.2) is 65.0 Å². The summed E-state index contributed by atoms with van der Waals surface area (Å²) in [7, 11) is 0. The van der Waals surface area contributed by atoms with Crippen molar-refractivity contribution in [3.8, 4) is 0 Å². The second-order valence-electron chi connectivity index (χ2n) is 9.40. The molecule has 4 unspecified atom stereocenters. The van der Waals surface area contributed by atoms with Crippen molar-refractivity contribution in [3.63, 3.8) is 0 Å². The molecule has 0 heterocycles. The van der Waals surface area contributed by atoms with Gasteiger partial charge in [0.05, 0.1) is 6.04 Å². The Bertz CT molecular complexity index is 834. The van der Waals surface area contributed by atoms with Gasteiger partial charge in [-0.05, 0) is 42.2 Å². The molecule has 0 aliphatic rings. The molecule has 196 valence electrons. The number of amides is 3. The van der Waals surface area contributed by atoms with Crippen LogP contribution in [0.15, 0.2) is 30.3 Å². The third-order valence-electron chi connectivity index (χ3n) is 5.45. The fourth-order valence-electron chi connectivity index (χ4n) is 3.46. The first-order valence-electron chi connectivity index (χ1n) is 11.9. The molecule has 1 aromatic carbocycles. The first-order valence-corrected chi connectivity index (χ1v) is 13.3. The van der Waals surface area contributed by atoms with Gasteiger partial charge in [0, 0.05) is 6.42 Å². The number of thioether (sulfide) groups is 1. The van der Waals surface area contributed by atoms with E-state index in [1.165, 1.54) is 0 Å². The summed E-state index contributed by atoms with van der Waals surface area (Å²) in [5.41, 5.74) is 6.71. The monoisotopic (exact) mass is 508 g/mol. The molecule has 4 atom stereocenters. The third-order valence-corrected chi connectivity index (χ3v) is 6.10. The van der Waals surface area contributed by atoms with Crippen LogP contribution in [0.3, 0.4) is 0 Å². The summed E-state index contributed by atoms with van der Waals surface area (Å²) < 4.78 is 0. The first kappa shape index (κ1) is 30.4. The number of nitrogens with two attached hydrogens (primary N) is 1. The summed E-state index contributed by atoms with van der Waals surface area (Å²) in [5, 5.41) is 17.6. The molecular formula is C25H40N4O5S. The van der Waals surface area contributed by atoms with Gasteiger partial charge in [-0.15, -0.1) is 0 Å². The molecule has 0 saturated carbocycles. The van der Waals surface area contributed by atoms with E-state index < -0.39 is 47.9 Å². The third kappa shape index (κ3) is 11.1. The number of rotatable bonds is 15. The summed E-state index contributed by atoms with van der Waals surface area (Å²) in [6.07, 6.45) is 2.82. The molecule has 0 saturated heterocycles. The van der Waals surface area contributed by atoms with Crippen molar-refractivity contribution in [1.82, 2.24) is 16.0 Å². The van der Waals surface area contributed by atoms with Crippen LogP contribution in [-0.2, 0) is 25.6 Å². The van der Waals surface area contributed by atoms with Gasteiger partial charge in [0.25, 0.3) is 0 Å². The minimum Gasteiger partial charge on any atom is -0.480 e. The van der Waals surface area contributed by atoms with Gasteiger partial charge in [0.1, 0.15) is 18.1 Å². The minimum absolute atomic E-state index is 0.0514. The van der Waals surface area contributed by atoms with E-state index in [0.29, 0.717) is 12.8 Å². The topological polar surface area (TPSA) is 151 Å². The SMILES string of the molecule is CSCCC(N)C(=O)NC(C(=O)NC(CC(C)C)C(=O)NC(Cc1ccccc1)C(=O)O)C(C)C. The molecule has 1 rings (SSSR count). The Hall–Kier alpha value is -2.59. The second-order valence-corrected chi connectivity index (χ2v) is 10.4. The molecule has 9 nitrogen and oxygen atoms in total. The molecule has 0 radical (unpaired) electrons. The highest BCUT2D eigenvalue weighted by Gasteiger charge is 2.32. The van der Waals surface area contributed by atoms with Gasteiger partial charge in [0.2, 0.25) is 17.7 Å². The Morgan fingerprint density at radius 1 is 0.914 bits per heavy atom. The van der Waals surface area contributed by atoms with Crippen molar-refractivity contribution >= 4 is 35.5 Å². The van der Waals surface area contributed by atoms with Crippen molar-refractivity contribution < 1.29 is 24.3 Å². The van der Waals surface area contributed by atoms with E-state index in [0.717, 1.165) is 11.3 Å². The lowest BCUT2D eigenvalue weighted by Gasteiger charge is -2.27. The smallest absolute Gasteiger partial charge is 0.326 e. The Balaban J connectivity index is 2.94. The van der Waals surface area contributed by atoms with Gasteiger partial charge in [-0.1, -0.05) is 58.0 Å². The molecule has 0 spiro atoms. The van der Waals surface area contributed by atoms with Crippen LogP contribution in [0.1, 0.15) is 46.1 Å². The van der Waals surface area contributed by atoms with Gasteiger partial charge in [-0.2, -0.15) is 11.8 Å². The largest absolute Gasteiger partial charge is 0.480 e. The van der Waals surface area contributed by atoms with Gasteiger partial charge in [-0.25, -0.2) is 4.79 Å². The Kier molecular flexibility index (Phi) is 13.4. The average molecular weight is 509 g/mol. The van der Waals surface area contributed by atoms with Crippen LogP contribution < -0.4 is 21.7 Å². The molecule has 0 aliphatic carbocycles. The number of carbonyl (C=O) groups is 4. The lowest BCUT2D eigenvalue weighted by molar-refractivity contribution is -0.142. The number of hydrogen-bond donors (Lipinski definition) is 5. The Morgan fingerprint density at radius 2 is 1.51 bits per heavy atom.